The summed E-state index contributed by atoms with van der Waals surface area (Å²) in [6.45, 7) is 5.46. The molecule has 1 heterocycles. The fourth-order valence-corrected chi connectivity index (χ4v) is 1.36. The molecule has 0 aliphatic carbocycles. The quantitative estimate of drug-likeness (QED) is 0.823. The van der Waals surface area contributed by atoms with Crippen molar-refractivity contribution in [2.75, 3.05) is 11.9 Å². The normalized spacial score (nSPS) is 10.1. The number of carboxylic acid groups (broad SMARTS) is 1. The Bertz CT molecular complexity index is 412. The maximum atomic E-state index is 11.0. The van der Waals surface area contributed by atoms with Gasteiger partial charge in [0.2, 0.25) is 0 Å². The molecule has 5 nitrogen and oxygen atoms in total. The molecule has 0 saturated carbocycles. The van der Waals surface area contributed by atoms with Crippen molar-refractivity contribution >= 4 is 23.4 Å². The van der Waals surface area contributed by atoms with Gasteiger partial charge in [0.1, 0.15) is 11.4 Å². The number of nitrogens with one attached hydrogen (secondary N) is 1. The summed E-state index contributed by atoms with van der Waals surface area (Å²) in [4.78, 5) is 11.0. The van der Waals surface area contributed by atoms with Crippen LogP contribution in [0.2, 0.25) is 0 Å². The van der Waals surface area contributed by atoms with Crippen LogP contribution >= 0.6 is 11.6 Å². The van der Waals surface area contributed by atoms with E-state index in [2.05, 4.69) is 17.0 Å². The van der Waals surface area contributed by atoms with Crippen LogP contribution in [0.5, 0.6) is 0 Å². The van der Waals surface area contributed by atoms with Crippen LogP contribution in [0.3, 0.4) is 0 Å². The molecule has 2 N–H and O–H groups in total. The van der Waals surface area contributed by atoms with Crippen LogP contribution in [0.15, 0.2) is 11.6 Å². The standard InChI is InChI=1S/C9H12ClN3O2/c1-5(10)4-11-8-7(9(14)15)6(2)12-13(8)3/h11H,1,4H2,2-3H3,(H,14,15). The van der Waals surface area contributed by atoms with E-state index in [1.54, 1.807) is 14.0 Å². The molecule has 0 fully saturated rings. The molecule has 0 aliphatic rings. The highest BCUT2D eigenvalue weighted by Crippen LogP contribution is 2.18. The Hall–Kier alpha value is -1.49. The number of nitrogens with zero attached hydrogens (tertiary/aromatic N) is 2. The average Bonchev–Trinajstić information content (AvgIpc) is 2.37. The smallest absolute Gasteiger partial charge is 0.341 e. The number of carbonyl (C=O) groups is 1. The Morgan fingerprint density at radius 1 is 1.73 bits per heavy atom. The minimum Gasteiger partial charge on any atom is -0.477 e. The molecule has 0 aliphatic heterocycles. The van der Waals surface area contributed by atoms with Crippen LogP contribution in [0.1, 0.15) is 16.1 Å². The third-order valence-electron chi connectivity index (χ3n) is 1.88. The summed E-state index contributed by atoms with van der Waals surface area (Å²) < 4.78 is 1.47. The van der Waals surface area contributed by atoms with Gasteiger partial charge in [-0.15, -0.1) is 0 Å². The van der Waals surface area contributed by atoms with E-state index in [4.69, 9.17) is 16.7 Å². The number of carboxylic acids is 1. The molecule has 0 aromatic carbocycles. The predicted octanol–water partition coefficient (Wildman–Crippen LogP) is 1.59. The number of aromatic carboxylic acids is 1. The largest absolute Gasteiger partial charge is 0.477 e. The van der Waals surface area contributed by atoms with Crippen molar-refractivity contribution in [2.45, 2.75) is 6.92 Å². The highest BCUT2D eigenvalue weighted by atomic mass is 35.5. The lowest BCUT2D eigenvalue weighted by molar-refractivity contribution is 0.0697. The molecule has 82 valence electrons. The molecule has 0 unspecified atom stereocenters. The van der Waals surface area contributed by atoms with Crippen LogP contribution < -0.4 is 5.32 Å². The monoisotopic (exact) mass is 229 g/mol. The lowest BCUT2D eigenvalue weighted by atomic mass is 10.2. The summed E-state index contributed by atoms with van der Waals surface area (Å²) in [7, 11) is 1.67. The first kappa shape index (κ1) is 11.6. The number of hydrogen-bond donors (Lipinski definition) is 2. The van der Waals surface area contributed by atoms with Crippen LogP contribution in [-0.4, -0.2) is 27.4 Å². The van der Waals surface area contributed by atoms with Crippen molar-refractivity contribution in [3.05, 3.63) is 22.9 Å². The van der Waals surface area contributed by atoms with Gasteiger partial charge in [-0.2, -0.15) is 5.10 Å². The van der Waals surface area contributed by atoms with E-state index in [9.17, 15) is 4.79 Å². The van der Waals surface area contributed by atoms with E-state index < -0.39 is 5.97 Å². The minimum absolute atomic E-state index is 0.162. The summed E-state index contributed by atoms with van der Waals surface area (Å²) in [6.07, 6.45) is 0. The van der Waals surface area contributed by atoms with Gasteiger partial charge in [0, 0.05) is 12.1 Å². The van der Waals surface area contributed by atoms with Gasteiger partial charge in [0.25, 0.3) is 0 Å². The third kappa shape index (κ3) is 2.50. The van der Waals surface area contributed by atoms with Gasteiger partial charge in [-0.25, -0.2) is 4.79 Å². The molecular weight excluding hydrogens is 218 g/mol. The number of hydrogen-bond acceptors (Lipinski definition) is 3. The summed E-state index contributed by atoms with van der Waals surface area (Å²) in [5.74, 6) is -0.579. The lowest BCUT2D eigenvalue weighted by Gasteiger charge is -2.06. The van der Waals surface area contributed by atoms with Crippen molar-refractivity contribution in [3.8, 4) is 0 Å². The Morgan fingerprint density at radius 3 is 2.80 bits per heavy atom. The number of halogens is 1. The first-order valence-corrected chi connectivity index (χ1v) is 4.65. The van der Waals surface area contributed by atoms with E-state index in [-0.39, 0.29) is 5.56 Å². The van der Waals surface area contributed by atoms with Crippen LogP contribution in [0.4, 0.5) is 5.82 Å². The average molecular weight is 230 g/mol. The second-order valence-corrected chi connectivity index (χ2v) is 3.64. The Balaban J connectivity index is 3.04. The van der Waals surface area contributed by atoms with E-state index in [0.717, 1.165) is 0 Å². The molecule has 0 amide bonds. The highest BCUT2D eigenvalue weighted by Gasteiger charge is 2.18. The van der Waals surface area contributed by atoms with E-state index in [0.29, 0.717) is 23.1 Å². The van der Waals surface area contributed by atoms with Gasteiger partial charge < -0.3 is 10.4 Å². The zero-order valence-corrected chi connectivity index (χ0v) is 9.30. The molecule has 0 radical (unpaired) electrons. The van der Waals surface area contributed by atoms with E-state index in [1.165, 1.54) is 4.68 Å². The predicted molar refractivity (Wildman–Crippen MR) is 58.4 cm³/mol. The maximum absolute atomic E-state index is 11.0. The second kappa shape index (κ2) is 4.35. The van der Waals surface area contributed by atoms with Crippen LogP contribution in [0, 0.1) is 6.92 Å². The zero-order valence-electron chi connectivity index (χ0n) is 8.54. The molecule has 0 atom stereocenters. The third-order valence-corrected chi connectivity index (χ3v) is 2.02. The van der Waals surface area contributed by atoms with Crippen LogP contribution in [0.25, 0.3) is 0 Å². The first-order chi connectivity index (χ1) is 6.93. The topological polar surface area (TPSA) is 67.2 Å². The summed E-state index contributed by atoms with van der Waals surface area (Å²) in [5.41, 5.74) is 0.628. The molecule has 0 saturated heterocycles. The van der Waals surface area contributed by atoms with Gasteiger partial charge >= 0.3 is 5.97 Å². The fourth-order valence-electron chi connectivity index (χ4n) is 1.30. The molecule has 0 spiro atoms. The Kier molecular flexibility index (Phi) is 3.36. The van der Waals surface area contributed by atoms with Gasteiger partial charge in [-0.05, 0) is 6.92 Å². The minimum atomic E-state index is -1.01. The Morgan fingerprint density at radius 2 is 2.33 bits per heavy atom. The van der Waals surface area contributed by atoms with Gasteiger partial charge in [0.15, 0.2) is 0 Å². The summed E-state index contributed by atoms with van der Waals surface area (Å²) in [6, 6.07) is 0. The number of aryl methyl sites for hydroxylation is 2. The fraction of sp³-hybridized carbons (Fsp3) is 0.333. The number of aromatic nitrogens is 2. The molecule has 1 aromatic rings. The van der Waals surface area contributed by atoms with Gasteiger partial charge in [0.05, 0.1) is 12.2 Å². The van der Waals surface area contributed by atoms with E-state index in [1.807, 2.05) is 0 Å². The van der Waals surface area contributed by atoms with Crippen molar-refractivity contribution < 1.29 is 9.90 Å². The van der Waals surface area contributed by atoms with Crippen molar-refractivity contribution in [1.29, 1.82) is 0 Å². The Labute approximate surface area is 92.3 Å². The SMILES string of the molecule is C=C(Cl)CNc1c(C(=O)O)c(C)nn1C. The van der Waals surface area contributed by atoms with Crippen LogP contribution in [-0.2, 0) is 7.05 Å². The highest BCUT2D eigenvalue weighted by molar-refractivity contribution is 6.29. The number of anilines is 1. The zero-order chi connectivity index (χ0) is 11.6. The molecule has 0 bridgehead atoms. The van der Waals surface area contributed by atoms with Crippen molar-refractivity contribution in [1.82, 2.24) is 9.78 Å². The van der Waals surface area contributed by atoms with Gasteiger partial charge in [-0.3, -0.25) is 4.68 Å². The lowest BCUT2D eigenvalue weighted by Crippen LogP contribution is -2.10. The second-order valence-electron chi connectivity index (χ2n) is 3.11. The summed E-state index contributed by atoms with van der Waals surface area (Å²) in [5, 5.41) is 16.3. The molecule has 15 heavy (non-hydrogen) atoms. The van der Waals surface area contributed by atoms with Crippen molar-refractivity contribution in [3.63, 3.8) is 0 Å². The van der Waals surface area contributed by atoms with E-state index >= 15 is 0 Å². The van der Waals surface area contributed by atoms with Gasteiger partial charge in [-0.1, -0.05) is 18.2 Å². The summed E-state index contributed by atoms with van der Waals surface area (Å²) >= 11 is 5.58. The molecule has 1 rings (SSSR count). The number of rotatable bonds is 4. The molecular formula is C9H12ClN3O2. The van der Waals surface area contributed by atoms with Crippen molar-refractivity contribution in [2.24, 2.45) is 7.05 Å². The molecule has 1 aromatic heterocycles. The molecule has 6 heteroatoms. The maximum Gasteiger partial charge on any atom is 0.341 e. The first-order valence-electron chi connectivity index (χ1n) is 4.27.